The van der Waals surface area contributed by atoms with Crippen LogP contribution in [0.5, 0.6) is 17.2 Å². The van der Waals surface area contributed by atoms with Gasteiger partial charge in [0.15, 0.2) is 0 Å². The van der Waals surface area contributed by atoms with E-state index in [1.54, 1.807) is 48.5 Å². The van der Waals surface area contributed by atoms with Gasteiger partial charge in [0, 0.05) is 18.8 Å². The van der Waals surface area contributed by atoms with Crippen LogP contribution in [-0.2, 0) is 28.6 Å². The molecule has 2 aromatic rings. The van der Waals surface area contributed by atoms with E-state index in [0.29, 0.717) is 62.1 Å². The minimum atomic E-state index is -0.506. The number of unbranched alkanes of at least 4 members (excludes halogenated alkanes) is 6. The minimum absolute atomic E-state index is 0.157. The molecule has 0 amide bonds. The van der Waals surface area contributed by atoms with Gasteiger partial charge in [0.25, 0.3) is 0 Å². The Balaban J connectivity index is 1.26. The van der Waals surface area contributed by atoms with Gasteiger partial charge in [0.2, 0.25) is 0 Å². The van der Waals surface area contributed by atoms with Crippen LogP contribution in [0.25, 0.3) is 0 Å². The van der Waals surface area contributed by atoms with Crippen LogP contribution >= 0.6 is 0 Å². The van der Waals surface area contributed by atoms with Crippen LogP contribution < -0.4 is 14.2 Å². The van der Waals surface area contributed by atoms with E-state index in [0.717, 1.165) is 70.3 Å². The van der Waals surface area contributed by atoms with E-state index < -0.39 is 11.9 Å². The van der Waals surface area contributed by atoms with E-state index in [4.69, 9.17) is 28.4 Å². The Bertz CT molecular complexity index is 1290. The van der Waals surface area contributed by atoms with Gasteiger partial charge in [0.05, 0.1) is 37.4 Å². The van der Waals surface area contributed by atoms with Crippen LogP contribution in [0.4, 0.5) is 0 Å². The maximum absolute atomic E-state index is 12.7. The van der Waals surface area contributed by atoms with Crippen LogP contribution in [0.1, 0.15) is 87.4 Å². The van der Waals surface area contributed by atoms with Gasteiger partial charge in [-0.3, -0.25) is 4.79 Å². The summed E-state index contributed by atoms with van der Waals surface area (Å²) in [5.74, 6) is -0.327. The predicted molar refractivity (Wildman–Crippen MR) is 180 cm³/mol. The van der Waals surface area contributed by atoms with Crippen LogP contribution in [0.2, 0.25) is 0 Å². The van der Waals surface area contributed by atoms with Crippen molar-refractivity contribution in [3.05, 3.63) is 79.4 Å². The molecule has 3 rings (SSSR count). The first-order valence-electron chi connectivity index (χ1n) is 16.8. The molecule has 260 valence electrons. The molecular formula is C38H48O10. The zero-order chi connectivity index (χ0) is 34.4. The fraction of sp³-hybridized carbons (Fsp3) is 0.474. The molecule has 0 N–H and O–H groups in total. The Hall–Kier alpha value is -4.44. The molecule has 1 saturated carbocycles. The van der Waals surface area contributed by atoms with Crippen molar-refractivity contribution in [2.45, 2.75) is 83.2 Å². The summed E-state index contributed by atoms with van der Waals surface area (Å²) in [7, 11) is 0. The summed E-state index contributed by atoms with van der Waals surface area (Å²) < 4.78 is 32.7. The summed E-state index contributed by atoms with van der Waals surface area (Å²) in [5, 5.41) is 0. The van der Waals surface area contributed by atoms with E-state index >= 15 is 0 Å². The van der Waals surface area contributed by atoms with E-state index in [1.165, 1.54) is 6.08 Å². The lowest BCUT2D eigenvalue weighted by Gasteiger charge is -2.27. The van der Waals surface area contributed by atoms with Gasteiger partial charge in [-0.2, -0.15) is 0 Å². The smallest absolute Gasteiger partial charge is 0.343 e. The maximum Gasteiger partial charge on any atom is 0.343 e. The third-order valence-corrected chi connectivity index (χ3v) is 7.87. The van der Waals surface area contributed by atoms with Gasteiger partial charge in [-0.15, -0.1) is 0 Å². The molecule has 1 aliphatic rings. The van der Waals surface area contributed by atoms with E-state index in [1.807, 2.05) is 0 Å². The van der Waals surface area contributed by atoms with Crippen molar-refractivity contribution in [1.29, 1.82) is 0 Å². The minimum Gasteiger partial charge on any atom is -0.494 e. The van der Waals surface area contributed by atoms with E-state index in [2.05, 4.69) is 13.2 Å². The van der Waals surface area contributed by atoms with Crippen molar-refractivity contribution in [2.75, 3.05) is 26.4 Å². The summed E-state index contributed by atoms with van der Waals surface area (Å²) >= 11 is 0. The molecule has 0 aromatic heterocycles. The normalized spacial score (nSPS) is 15.5. The van der Waals surface area contributed by atoms with E-state index in [-0.39, 0.29) is 24.0 Å². The average molecular weight is 665 g/mol. The standard InChI is InChI=1S/C38H48O10/c1-3-35(39)45-27-11-7-5-9-25-43-31-17-13-29(14-18-31)37(41)47-33-21-23-34(24-22-33)48-38(42)30-15-19-32(20-16-30)44-26-10-6-8-12-28-46-36(40)4-2/h3-4,13-14,17-18,21-24,30,32H,1-2,5-12,15-16,19-20,25-28H2. The van der Waals surface area contributed by atoms with Crippen molar-refractivity contribution in [3.8, 4) is 17.2 Å². The predicted octanol–water partition coefficient (Wildman–Crippen LogP) is 7.34. The summed E-state index contributed by atoms with van der Waals surface area (Å²) in [6, 6.07) is 13.2. The second kappa shape index (κ2) is 22.2. The average Bonchev–Trinajstić information content (AvgIpc) is 3.11. The molecule has 10 heteroatoms. The first-order chi connectivity index (χ1) is 23.4. The molecule has 0 bridgehead atoms. The lowest BCUT2D eigenvalue weighted by Crippen LogP contribution is -2.29. The number of carbonyl (C=O) groups is 4. The lowest BCUT2D eigenvalue weighted by atomic mass is 9.87. The Labute approximate surface area is 283 Å². The van der Waals surface area contributed by atoms with Crippen molar-refractivity contribution >= 4 is 23.9 Å². The zero-order valence-corrected chi connectivity index (χ0v) is 27.7. The summed E-state index contributed by atoms with van der Waals surface area (Å²) in [4.78, 5) is 47.4. The second-order valence-corrected chi connectivity index (χ2v) is 11.6. The number of hydrogen-bond donors (Lipinski definition) is 0. The van der Waals surface area contributed by atoms with Gasteiger partial charge in [-0.05, 0) is 119 Å². The van der Waals surface area contributed by atoms with Crippen LogP contribution in [-0.4, -0.2) is 56.4 Å². The van der Waals surface area contributed by atoms with Gasteiger partial charge in [0.1, 0.15) is 17.2 Å². The Morgan fingerprint density at radius 3 is 1.60 bits per heavy atom. The Kier molecular flexibility index (Phi) is 17.6. The molecular weight excluding hydrogens is 616 g/mol. The van der Waals surface area contributed by atoms with Crippen molar-refractivity contribution in [1.82, 2.24) is 0 Å². The third-order valence-electron chi connectivity index (χ3n) is 7.87. The summed E-state index contributed by atoms with van der Waals surface area (Å²) in [5.41, 5.74) is 0.384. The molecule has 2 aromatic carbocycles. The largest absolute Gasteiger partial charge is 0.494 e. The fourth-order valence-corrected chi connectivity index (χ4v) is 5.11. The van der Waals surface area contributed by atoms with E-state index in [9.17, 15) is 19.2 Å². The molecule has 0 unspecified atom stereocenters. The highest BCUT2D eigenvalue weighted by molar-refractivity contribution is 5.91. The van der Waals surface area contributed by atoms with Crippen molar-refractivity contribution in [2.24, 2.45) is 5.92 Å². The molecule has 10 nitrogen and oxygen atoms in total. The molecule has 0 spiro atoms. The van der Waals surface area contributed by atoms with Gasteiger partial charge in [-0.25, -0.2) is 14.4 Å². The molecule has 0 aliphatic heterocycles. The monoisotopic (exact) mass is 664 g/mol. The summed E-state index contributed by atoms with van der Waals surface area (Å²) in [6.45, 7) is 8.77. The molecule has 1 fully saturated rings. The number of rotatable bonds is 22. The molecule has 48 heavy (non-hydrogen) atoms. The fourth-order valence-electron chi connectivity index (χ4n) is 5.11. The highest BCUT2D eigenvalue weighted by Gasteiger charge is 2.28. The highest BCUT2D eigenvalue weighted by atomic mass is 16.5. The second-order valence-electron chi connectivity index (χ2n) is 11.6. The molecule has 0 radical (unpaired) electrons. The lowest BCUT2D eigenvalue weighted by molar-refractivity contribution is -0.141. The Morgan fingerprint density at radius 1 is 0.583 bits per heavy atom. The van der Waals surface area contributed by atoms with Gasteiger partial charge < -0.3 is 28.4 Å². The molecule has 1 aliphatic carbocycles. The number of benzene rings is 2. The number of esters is 4. The van der Waals surface area contributed by atoms with Crippen LogP contribution in [0.15, 0.2) is 73.8 Å². The first-order valence-corrected chi connectivity index (χ1v) is 16.8. The highest BCUT2D eigenvalue weighted by Crippen LogP contribution is 2.29. The van der Waals surface area contributed by atoms with Gasteiger partial charge in [-0.1, -0.05) is 19.6 Å². The quantitative estimate of drug-likeness (QED) is 0.0546. The number of carbonyl (C=O) groups excluding carboxylic acids is 4. The van der Waals surface area contributed by atoms with Crippen LogP contribution in [0, 0.1) is 5.92 Å². The number of hydrogen-bond acceptors (Lipinski definition) is 10. The number of ether oxygens (including phenoxy) is 6. The molecule has 0 saturated heterocycles. The molecule has 0 atom stereocenters. The topological polar surface area (TPSA) is 124 Å². The van der Waals surface area contributed by atoms with Crippen molar-refractivity contribution in [3.63, 3.8) is 0 Å². The third kappa shape index (κ3) is 15.0. The maximum atomic E-state index is 12.7. The summed E-state index contributed by atoms with van der Waals surface area (Å²) in [6.07, 6.45) is 12.9. The van der Waals surface area contributed by atoms with Gasteiger partial charge >= 0.3 is 23.9 Å². The van der Waals surface area contributed by atoms with Crippen LogP contribution in [0.3, 0.4) is 0 Å². The first kappa shape index (κ1) is 38.0. The molecule has 0 heterocycles. The Morgan fingerprint density at radius 2 is 1.06 bits per heavy atom. The SMILES string of the molecule is C=CC(=O)OCCCCCCOc1ccc(C(=O)Oc2ccc(OC(=O)C3CCC(OCCCCCCOC(=O)C=C)CC3)cc2)cc1. The zero-order valence-electron chi connectivity index (χ0n) is 27.7. The van der Waals surface area contributed by atoms with Crippen molar-refractivity contribution < 1.29 is 47.6 Å².